The van der Waals surface area contributed by atoms with Gasteiger partial charge in [0.1, 0.15) is 12.4 Å². The first-order valence-corrected chi connectivity index (χ1v) is 6.32. The molecule has 1 aromatic carbocycles. The van der Waals surface area contributed by atoms with E-state index in [1.165, 1.54) is 4.90 Å². The number of para-hydroxylation sites is 1. The summed E-state index contributed by atoms with van der Waals surface area (Å²) in [5, 5.41) is 0. The summed E-state index contributed by atoms with van der Waals surface area (Å²) in [4.78, 5) is 1.22. The minimum atomic E-state index is 0.790. The molecule has 1 aliphatic heterocycles. The van der Waals surface area contributed by atoms with Gasteiger partial charge in [-0.1, -0.05) is 32.9 Å². The molecule has 1 heterocycles. The second-order valence-corrected chi connectivity index (χ2v) is 4.05. The Morgan fingerprint density at radius 2 is 2.07 bits per heavy atom. The van der Waals surface area contributed by atoms with Crippen LogP contribution in [0.1, 0.15) is 20.8 Å². The molecule has 0 aromatic heterocycles. The van der Waals surface area contributed by atoms with E-state index in [1.807, 2.05) is 32.0 Å². The Balaban J connectivity index is 0.000000531. The molecule has 2 rings (SSSR count). The van der Waals surface area contributed by atoms with Gasteiger partial charge in [0, 0.05) is 13.1 Å². The van der Waals surface area contributed by atoms with Crippen molar-refractivity contribution in [1.29, 1.82) is 0 Å². The highest BCUT2D eigenvalue weighted by Crippen LogP contribution is 2.33. The lowest BCUT2D eigenvalue weighted by Gasteiger charge is -2.14. The average molecular weight is 225 g/mol. The Labute approximate surface area is 96.8 Å². The summed E-state index contributed by atoms with van der Waals surface area (Å²) >= 11 is 1.79. The van der Waals surface area contributed by atoms with Crippen LogP contribution in [0.4, 0.5) is 0 Å². The average Bonchev–Trinajstić information content (AvgIpc) is 2.53. The largest absolute Gasteiger partial charge is 0.491 e. The van der Waals surface area contributed by atoms with Crippen LogP contribution < -0.4 is 4.74 Å². The van der Waals surface area contributed by atoms with Gasteiger partial charge in [-0.15, -0.1) is 0 Å². The van der Waals surface area contributed by atoms with E-state index in [9.17, 15) is 0 Å². The first-order chi connectivity index (χ1) is 7.40. The molecule has 1 aliphatic rings. The van der Waals surface area contributed by atoms with Gasteiger partial charge in [-0.25, -0.2) is 4.31 Å². The summed E-state index contributed by atoms with van der Waals surface area (Å²) in [6, 6.07) is 8.20. The van der Waals surface area contributed by atoms with Crippen LogP contribution in [0.3, 0.4) is 0 Å². The van der Waals surface area contributed by atoms with E-state index in [4.69, 9.17) is 4.74 Å². The molecule has 0 unspecified atom stereocenters. The maximum absolute atomic E-state index is 5.62. The molecule has 3 heteroatoms. The Hall–Kier alpha value is -0.670. The van der Waals surface area contributed by atoms with E-state index in [0.29, 0.717) is 0 Å². The third kappa shape index (κ3) is 3.43. The van der Waals surface area contributed by atoms with Crippen molar-refractivity contribution in [3.63, 3.8) is 0 Å². The molecule has 0 radical (unpaired) electrons. The molecule has 0 saturated carbocycles. The fraction of sp³-hybridized carbons (Fsp3) is 0.500. The standard InChI is InChI=1S/C10H13NOS.C2H6/c1-2-11-7-8-12-9-5-3-4-6-10(9)13-11;1-2/h3-6H,2,7-8H2,1H3;1-2H3. The van der Waals surface area contributed by atoms with E-state index in [-0.39, 0.29) is 0 Å². The normalized spacial score (nSPS) is 15.4. The predicted octanol–water partition coefficient (Wildman–Crippen LogP) is 3.43. The third-order valence-electron chi connectivity index (χ3n) is 2.03. The molecule has 15 heavy (non-hydrogen) atoms. The lowest BCUT2D eigenvalue weighted by Crippen LogP contribution is -2.19. The van der Waals surface area contributed by atoms with Crippen LogP contribution >= 0.6 is 11.9 Å². The van der Waals surface area contributed by atoms with E-state index in [1.54, 1.807) is 11.9 Å². The van der Waals surface area contributed by atoms with Gasteiger partial charge >= 0.3 is 0 Å². The first kappa shape index (κ1) is 12.4. The van der Waals surface area contributed by atoms with Crippen molar-refractivity contribution in [2.24, 2.45) is 0 Å². The van der Waals surface area contributed by atoms with Crippen LogP contribution in [0.2, 0.25) is 0 Å². The van der Waals surface area contributed by atoms with E-state index < -0.39 is 0 Å². The second-order valence-electron chi connectivity index (χ2n) is 2.91. The highest BCUT2D eigenvalue weighted by atomic mass is 32.2. The quantitative estimate of drug-likeness (QED) is 0.679. The van der Waals surface area contributed by atoms with Crippen LogP contribution in [0.5, 0.6) is 5.75 Å². The van der Waals surface area contributed by atoms with Gasteiger partial charge in [0.25, 0.3) is 0 Å². The lowest BCUT2D eigenvalue weighted by molar-refractivity contribution is 0.288. The molecule has 0 saturated heterocycles. The maximum atomic E-state index is 5.62. The summed E-state index contributed by atoms with van der Waals surface area (Å²) in [7, 11) is 0. The van der Waals surface area contributed by atoms with Gasteiger partial charge < -0.3 is 4.74 Å². The van der Waals surface area contributed by atoms with E-state index in [2.05, 4.69) is 17.3 Å². The molecule has 0 amide bonds. The molecular weight excluding hydrogens is 206 g/mol. The minimum Gasteiger partial charge on any atom is -0.491 e. The van der Waals surface area contributed by atoms with Crippen LogP contribution in [-0.4, -0.2) is 24.0 Å². The SMILES string of the molecule is CC.CCN1CCOc2ccccc2S1. The fourth-order valence-electron chi connectivity index (χ4n) is 1.31. The molecule has 84 valence electrons. The molecular formula is C12H19NOS. The maximum Gasteiger partial charge on any atom is 0.134 e. The van der Waals surface area contributed by atoms with Crippen molar-refractivity contribution in [1.82, 2.24) is 4.31 Å². The van der Waals surface area contributed by atoms with Crippen LogP contribution in [-0.2, 0) is 0 Å². The zero-order valence-corrected chi connectivity index (χ0v) is 10.5. The third-order valence-corrected chi connectivity index (χ3v) is 3.26. The Morgan fingerprint density at radius 3 is 2.80 bits per heavy atom. The highest BCUT2D eigenvalue weighted by molar-refractivity contribution is 7.97. The van der Waals surface area contributed by atoms with E-state index in [0.717, 1.165) is 25.4 Å². The number of fused-ring (bicyclic) bond motifs is 1. The summed E-state index contributed by atoms with van der Waals surface area (Å²) in [5.41, 5.74) is 0. The molecule has 2 nitrogen and oxygen atoms in total. The molecule has 1 aromatic rings. The Morgan fingerprint density at radius 1 is 1.33 bits per heavy atom. The van der Waals surface area contributed by atoms with Gasteiger partial charge in [0.2, 0.25) is 0 Å². The number of ether oxygens (including phenoxy) is 1. The lowest BCUT2D eigenvalue weighted by atomic mass is 10.3. The predicted molar refractivity (Wildman–Crippen MR) is 66.4 cm³/mol. The van der Waals surface area contributed by atoms with Crippen molar-refractivity contribution < 1.29 is 4.74 Å². The van der Waals surface area contributed by atoms with Gasteiger partial charge in [0.05, 0.1) is 4.90 Å². The number of rotatable bonds is 1. The van der Waals surface area contributed by atoms with Crippen molar-refractivity contribution in [2.75, 3.05) is 19.7 Å². The van der Waals surface area contributed by atoms with Gasteiger partial charge in [-0.05, 0) is 24.1 Å². The molecule has 0 spiro atoms. The molecule has 0 fully saturated rings. The minimum absolute atomic E-state index is 0.790. The monoisotopic (exact) mass is 225 g/mol. The zero-order chi connectivity index (χ0) is 11.1. The molecule has 0 atom stereocenters. The van der Waals surface area contributed by atoms with E-state index >= 15 is 0 Å². The van der Waals surface area contributed by atoms with Gasteiger partial charge in [-0.3, -0.25) is 0 Å². The molecule has 0 aliphatic carbocycles. The molecule has 0 N–H and O–H groups in total. The molecule has 0 bridgehead atoms. The zero-order valence-electron chi connectivity index (χ0n) is 9.69. The summed E-state index contributed by atoms with van der Waals surface area (Å²) < 4.78 is 7.93. The number of hydrogen-bond donors (Lipinski definition) is 0. The number of nitrogens with zero attached hydrogens (tertiary/aromatic N) is 1. The van der Waals surface area contributed by atoms with Gasteiger partial charge in [-0.2, -0.15) is 0 Å². The van der Waals surface area contributed by atoms with Crippen LogP contribution in [0.25, 0.3) is 0 Å². The number of benzene rings is 1. The second kappa shape index (κ2) is 6.75. The number of likely N-dealkylation sites (N-methyl/N-ethyl adjacent to an activating group) is 1. The number of hydrogen-bond acceptors (Lipinski definition) is 3. The van der Waals surface area contributed by atoms with Crippen LogP contribution in [0.15, 0.2) is 29.2 Å². The van der Waals surface area contributed by atoms with Crippen LogP contribution in [0, 0.1) is 0 Å². The Bertz CT molecular complexity index is 291. The summed E-state index contributed by atoms with van der Waals surface area (Å²) in [6.45, 7) is 9.01. The fourth-order valence-corrected chi connectivity index (χ4v) is 2.24. The Kier molecular flexibility index (Phi) is 5.58. The van der Waals surface area contributed by atoms with Gasteiger partial charge in [0.15, 0.2) is 0 Å². The first-order valence-electron chi connectivity index (χ1n) is 5.55. The highest BCUT2D eigenvalue weighted by Gasteiger charge is 2.13. The topological polar surface area (TPSA) is 12.5 Å². The van der Waals surface area contributed by atoms with Crippen molar-refractivity contribution in [3.8, 4) is 5.75 Å². The van der Waals surface area contributed by atoms with Crippen molar-refractivity contribution in [3.05, 3.63) is 24.3 Å². The van der Waals surface area contributed by atoms with Crippen molar-refractivity contribution in [2.45, 2.75) is 25.7 Å². The summed E-state index contributed by atoms with van der Waals surface area (Å²) in [5.74, 6) is 1.02. The van der Waals surface area contributed by atoms with Crippen molar-refractivity contribution >= 4 is 11.9 Å². The summed E-state index contributed by atoms with van der Waals surface area (Å²) in [6.07, 6.45) is 0. The smallest absolute Gasteiger partial charge is 0.134 e.